The molecule has 160 valence electrons. The molecule has 0 radical (unpaired) electrons. The molecule has 31 heavy (non-hydrogen) atoms. The van der Waals surface area contributed by atoms with Crippen molar-refractivity contribution in [2.45, 2.75) is 11.4 Å². The third-order valence-corrected chi connectivity index (χ3v) is 5.72. The largest absolute Gasteiger partial charge is 0.364 e. The highest BCUT2D eigenvalue weighted by Crippen LogP contribution is 2.29. The van der Waals surface area contributed by atoms with Gasteiger partial charge in [-0.15, -0.1) is 0 Å². The Bertz CT molecular complexity index is 1340. The van der Waals surface area contributed by atoms with Crippen LogP contribution in [0.25, 0.3) is 22.9 Å². The Morgan fingerprint density at radius 1 is 1.19 bits per heavy atom. The lowest BCUT2D eigenvalue weighted by Crippen LogP contribution is -2.15. The van der Waals surface area contributed by atoms with Crippen molar-refractivity contribution in [3.8, 4) is 22.9 Å². The normalized spacial score (nSPS) is 11.6. The van der Waals surface area contributed by atoms with E-state index in [9.17, 15) is 12.8 Å². The minimum atomic E-state index is -4.05. The van der Waals surface area contributed by atoms with Gasteiger partial charge in [-0.2, -0.15) is 5.10 Å². The summed E-state index contributed by atoms with van der Waals surface area (Å²) in [5, 5.41) is 8.44. The molecule has 0 spiro atoms. The van der Waals surface area contributed by atoms with Gasteiger partial charge in [0.1, 0.15) is 28.4 Å². The Hall–Kier alpha value is -3.31. The third kappa shape index (κ3) is 4.28. The summed E-state index contributed by atoms with van der Waals surface area (Å²) in [5.41, 5.74) is 1.82. The van der Waals surface area contributed by atoms with Gasteiger partial charge in [-0.1, -0.05) is 23.4 Å². The van der Waals surface area contributed by atoms with Crippen molar-refractivity contribution in [2.75, 3.05) is 19.0 Å². The van der Waals surface area contributed by atoms with Crippen molar-refractivity contribution < 1.29 is 17.3 Å². The molecule has 0 bridgehead atoms. The van der Waals surface area contributed by atoms with Gasteiger partial charge in [-0.25, -0.2) is 22.8 Å². The standard InChI is InChI=1S/C19H16ClFN6O3S/c1-26(2)19-17(31(20,28)29)10-22-18(23-19)15-9-16(14-7-8-30-25-14)27(24-15)11-12-5-3-4-6-13(12)21/h3-10H,11H2,1-2H3. The molecule has 3 heterocycles. The minimum Gasteiger partial charge on any atom is -0.364 e. The maximum absolute atomic E-state index is 14.2. The van der Waals surface area contributed by atoms with Crippen molar-refractivity contribution in [3.05, 3.63) is 60.2 Å². The molecular weight excluding hydrogens is 447 g/mol. The lowest BCUT2D eigenvalue weighted by atomic mass is 10.2. The molecule has 4 rings (SSSR count). The Morgan fingerprint density at radius 3 is 2.61 bits per heavy atom. The zero-order chi connectivity index (χ0) is 22.2. The summed E-state index contributed by atoms with van der Waals surface area (Å²) in [4.78, 5) is 9.74. The lowest BCUT2D eigenvalue weighted by molar-refractivity contribution is 0.421. The monoisotopic (exact) mass is 462 g/mol. The van der Waals surface area contributed by atoms with Crippen molar-refractivity contribution >= 4 is 25.6 Å². The number of benzene rings is 1. The SMILES string of the molecule is CN(C)c1nc(-c2cc(-c3ccon3)n(Cc3ccccc3F)n2)ncc1S(=O)(=O)Cl. The second kappa shape index (κ2) is 8.08. The van der Waals surface area contributed by atoms with E-state index in [1.165, 1.54) is 17.2 Å². The van der Waals surface area contributed by atoms with Crippen molar-refractivity contribution in [1.29, 1.82) is 0 Å². The number of hydrogen-bond donors (Lipinski definition) is 0. The van der Waals surface area contributed by atoms with E-state index >= 15 is 0 Å². The Morgan fingerprint density at radius 2 is 1.97 bits per heavy atom. The summed E-state index contributed by atoms with van der Waals surface area (Å²) in [6.45, 7) is 0.129. The van der Waals surface area contributed by atoms with E-state index in [-0.39, 0.29) is 28.9 Å². The predicted molar refractivity (Wildman–Crippen MR) is 112 cm³/mol. The van der Waals surface area contributed by atoms with E-state index in [0.717, 1.165) is 6.20 Å². The first-order valence-corrected chi connectivity index (χ1v) is 11.3. The van der Waals surface area contributed by atoms with Gasteiger partial charge >= 0.3 is 0 Å². The number of hydrogen-bond acceptors (Lipinski definition) is 8. The van der Waals surface area contributed by atoms with Crippen LogP contribution in [0.3, 0.4) is 0 Å². The number of nitrogens with zero attached hydrogens (tertiary/aromatic N) is 6. The first-order valence-electron chi connectivity index (χ1n) is 8.95. The fourth-order valence-electron chi connectivity index (χ4n) is 2.96. The summed E-state index contributed by atoms with van der Waals surface area (Å²) in [6.07, 6.45) is 2.54. The maximum Gasteiger partial charge on any atom is 0.266 e. The van der Waals surface area contributed by atoms with E-state index in [4.69, 9.17) is 15.2 Å². The average molecular weight is 463 g/mol. The Kier molecular flexibility index (Phi) is 5.46. The molecule has 0 atom stereocenters. The number of halogens is 2. The van der Waals surface area contributed by atoms with Crippen LogP contribution in [0.2, 0.25) is 0 Å². The van der Waals surface area contributed by atoms with E-state index in [1.807, 2.05) is 0 Å². The first kappa shape index (κ1) is 20.9. The molecule has 0 fully saturated rings. The van der Waals surface area contributed by atoms with E-state index < -0.39 is 9.05 Å². The summed E-state index contributed by atoms with van der Waals surface area (Å²) >= 11 is 0. The van der Waals surface area contributed by atoms with Crippen LogP contribution < -0.4 is 4.90 Å². The van der Waals surface area contributed by atoms with Gasteiger partial charge in [0.25, 0.3) is 9.05 Å². The minimum absolute atomic E-state index is 0.117. The van der Waals surface area contributed by atoms with E-state index in [1.54, 1.807) is 49.1 Å². The summed E-state index contributed by atoms with van der Waals surface area (Å²) in [5.74, 6) is -0.0788. The van der Waals surface area contributed by atoms with Crippen LogP contribution >= 0.6 is 10.7 Å². The summed E-state index contributed by atoms with van der Waals surface area (Å²) in [6, 6.07) is 9.68. The van der Waals surface area contributed by atoms with E-state index in [0.29, 0.717) is 22.6 Å². The topological polar surface area (TPSA) is 107 Å². The molecular formula is C19H16ClFN6O3S. The van der Waals surface area contributed by atoms with Gasteiger partial charge in [-0.3, -0.25) is 4.68 Å². The predicted octanol–water partition coefficient (Wildman–Crippen LogP) is 3.18. The van der Waals surface area contributed by atoms with Crippen LogP contribution in [0.1, 0.15) is 5.56 Å². The maximum atomic E-state index is 14.2. The molecule has 1 aromatic carbocycles. The number of rotatable bonds is 6. The van der Waals surface area contributed by atoms with Gasteiger partial charge < -0.3 is 9.42 Å². The van der Waals surface area contributed by atoms with Crippen LogP contribution in [0, 0.1) is 5.82 Å². The quantitative estimate of drug-likeness (QED) is 0.402. The lowest BCUT2D eigenvalue weighted by Gasteiger charge is -2.14. The Balaban J connectivity index is 1.83. The van der Waals surface area contributed by atoms with Crippen LogP contribution in [-0.2, 0) is 15.6 Å². The van der Waals surface area contributed by atoms with Crippen LogP contribution in [-0.4, -0.2) is 47.4 Å². The van der Waals surface area contributed by atoms with Gasteiger partial charge in [0, 0.05) is 36.4 Å². The second-order valence-corrected chi connectivity index (χ2v) is 9.30. The highest BCUT2D eigenvalue weighted by atomic mass is 35.7. The molecule has 0 saturated carbocycles. The molecule has 4 aromatic rings. The molecule has 0 aliphatic heterocycles. The molecule has 9 nitrogen and oxygen atoms in total. The Labute approximate surface area is 181 Å². The van der Waals surface area contributed by atoms with Crippen molar-refractivity contribution in [2.24, 2.45) is 0 Å². The highest BCUT2D eigenvalue weighted by molar-refractivity contribution is 8.13. The fourth-order valence-corrected chi connectivity index (χ4v) is 3.91. The smallest absolute Gasteiger partial charge is 0.266 e. The average Bonchev–Trinajstić information content (AvgIpc) is 3.38. The first-order chi connectivity index (χ1) is 14.7. The molecule has 0 amide bonds. The molecule has 0 saturated heterocycles. The fraction of sp³-hybridized carbons (Fsp3) is 0.158. The third-order valence-electron chi connectivity index (χ3n) is 4.41. The molecule has 0 aliphatic rings. The second-order valence-electron chi connectivity index (χ2n) is 6.76. The van der Waals surface area contributed by atoms with Crippen LogP contribution in [0.5, 0.6) is 0 Å². The van der Waals surface area contributed by atoms with Gasteiger partial charge in [0.2, 0.25) is 0 Å². The molecule has 12 heteroatoms. The van der Waals surface area contributed by atoms with Gasteiger partial charge in [0.15, 0.2) is 11.6 Å². The number of aromatic nitrogens is 5. The molecule has 3 aromatic heterocycles. The van der Waals surface area contributed by atoms with Gasteiger partial charge in [0.05, 0.1) is 18.4 Å². The van der Waals surface area contributed by atoms with E-state index in [2.05, 4.69) is 20.2 Å². The summed E-state index contributed by atoms with van der Waals surface area (Å²) in [7, 11) is 4.72. The number of anilines is 1. The zero-order valence-electron chi connectivity index (χ0n) is 16.4. The molecule has 0 N–H and O–H groups in total. The van der Waals surface area contributed by atoms with Crippen LogP contribution in [0.4, 0.5) is 10.2 Å². The van der Waals surface area contributed by atoms with Crippen molar-refractivity contribution in [3.63, 3.8) is 0 Å². The summed E-state index contributed by atoms with van der Waals surface area (Å²) < 4.78 is 44.4. The van der Waals surface area contributed by atoms with Gasteiger partial charge in [-0.05, 0) is 12.1 Å². The molecule has 0 aliphatic carbocycles. The molecule has 0 unspecified atom stereocenters. The highest BCUT2D eigenvalue weighted by Gasteiger charge is 2.23. The zero-order valence-corrected chi connectivity index (χ0v) is 18.0. The van der Waals surface area contributed by atoms with Crippen LogP contribution in [0.15, 0.2) is 58.3 Å². The van der Waals surface area contributed by atoms with Crippen molar-refractivity contribution in [1.82, 2.24) is 24.9 Å².